The lowest BCUT2D eigenvalue weighted by atomic mass is 9.61. The van der Waals surface area contributed by atoms with Gasteiger partial charge in [0.05, 0.1) is 6.54 Å². The van der Waals surface area contributed by atoms with Crippen molar-refractivity contribution in [2.75, 3.05) is 19.6 Å². The maximum Gasteiger partial charge on any atom is 0.241 e. The molecule has 0 aromatic heterocycles. The fraction of sp³-hybridized carbons (Fsp3) is 0.875. The first-order chi connectivity index (χ1) is 9.75. The molecule has 0 heterocycles. The van der Waals surface area contributed by atoms with E-state index in [2.05, 4.69) is 26.1 Å². The van der Waals surface area contributed by atoms with Gasteiger partial charge in [-0.2, -0.15) is 0 Å². The zero-order valence-electron chi connectivity index (χ0n) is 14.1. The highest BCUT2D eigenvalue weighted by Gasteiger charge is 2.44. The van der Waals surface area contributed by atoms with Gasteiger partial charge >= 0.3 is 0 Å². The first-order valence-electron chi connectivity index (χ1n) is 8.06. The number of nitrogens with one attached hydrogen (secondary N) is 1. The van der Waals surface area contributed by atoms with Crippen molar-refractivity contribution in [1.82, 2.24) is 10.2 Å². The Morgan fingerprint density at radius 2 is 1.81 bits per heavy atom. The van der Waals surface area contributed by atoms with Crippen LogP contribution in [0, 0.1) is 17.3 Å². The van der Waals surface area contributed by atoms with Crippen molar-refractivity contribution < 1.29 is 9.59 Å². The van der Waals surface area contributed by atoms with Crippen LogP contribution < -0.4 is 11.1 Å². The standard InChI is InChI=1S/C16H31N3O2/c1-6-19(7-2)14(20)10-18-15(21)12-8-9-13(17)11(3)16(12,4)5/h11-13H,6-10,17H2,1-5H3,(H,18,21). The molecule has 1 aliphatic rings. The van der Waals surface area contributed by atoms with Crippen molar-refractivity contribution >= 4 is 11.8 Å². The molecule has 0 radical (unpaired) electrons. The summed E-state index contributed by atoms with van der Waals surface area (Å²) in [7, 11) is 0. The van der Waals surface area contributed by atoms with E-state index in [0.29, 0.717) is 19.0 Å². The number of amides is 2. The molecule has 0 saturated heterocycles. The average Bonchev–Trinajstić information content (AvgIpc) is 2.43. The summed E-state index contributed by atoms with van der Waals surface area (Å²) in [5.41, 5.74) is 5.98. The van der Waals surface area contributed by atoms with Crippen LogP contribution in [-0.4, -0.2) is 42.4 Å². The van der Waals surface area contributed by atoms with E-state index in [4.69, 9.17) is 5.73 Å². The summed E-state index contributed by atoms with van der Waals surface area (Å²) in [5, 5.41) is 2.82. The van der Waals surface area contributed by atoms with E-state index in [-0.39, 0.29) is 35.7 Å². The second-order valence-electron chi connectivity index (χ2n) is 6.69. The Labute approximate surface area is 128 Å². The van der Waals surface area contributed by atoms with Crippen LogP contribution in [0.2, 0.25) is 0 Å². The van der Waals surface area contributed by atoms with Crippen LogP contribution in [0.1, 0.15) is 47.5 Å². The van der Waals surface area contributed by atoms with Crippen molar-refractivity contribution in [1.29, 1.82) is 0 Å². The first-order valence-corrected chi connectivity index (χ1v) is 8.06. The summed E-state index contributed by atoms with van der Waals surface area (Å²) >= 11 is 0. The Kier molecular flexibility index (Phi) is 6.20. The molecule has 1 saturated carbocycles. The molecule has 3 unspecified atom stereocenters. The highest BCUT2D eigenvalue weighted by atomic mass is 16.2. The summed E-state index contributed by atoms with van der Waals surface area (Å²) in [4.78, 5) is 26.1. The number of nitrogens with zero attached hydrogens (tertiary/aromatic N) is 1. The van der Waals surface area contributed by atoms with Crippen LogP contribution >= 0.6 is 0 Å². The third-order valence-corrected chi connectivity index (χ3v) is 5.35. The second-order valence-corrected chi connectivity index (χ2v) is 6.69. The Balaban J connectivity index is 2.61. The van der Waals surface area contributed by atoms with Crippen LogP contribution in [0.4, 0.5) is 0 Å². The van der Waals surface area contributed by atoms with Crippen molar-refractivity contribution in [3.63, 3.8) is 0 Å². The van der Waals surface area contributed by atoms with E-state index < -0.39 is 0 Å². The van der Waals surface area contributed by atoms with Crippen molar-refractivity contribution in [2.45, 2.75) is 53.5 Å². The maximum absolute atomic E-state index is 12.4. The van der Waals surface area contributed by atoms with Crippen LogP contribution in [0.5, 0.6) is 0 Å². The topological polar surface area (TPSA) is 75.4 Å². The molecule has 3 N–H and O–H groups in total. The number of likely N-dealkylation sites (N-methyl/N-ethyl adjacent to an activating group) is 1. The number of nitrogens with two attached hydrogens (primary N) is 1. The summed E-state index contributed by atoms with van der Waals surface area (Å²) in [6.07, 6.45) is 1.66. The SMILES string of the molecule is CCN(CC)C(=O)CNC(=O)C1CCC(N)C(C)C1(C)C. The van der Waals surface area contributed by atoms with Gasteiger partial charge in [-0.1, -0.05) is 20.8 Å². The zero-order valence-corrected chi connectivity index (χ0v) is 14.1. The van der Waals surface area contributed by atoms with Crippen molar-refractivity contribution in [3.05, 3.63) is 0 Å². The molecule has 0 bridgehead atoms. The van der Waals surface area contributed by atoms with Gasteiger partial charge in [-0.3, -0.25) is 9.59 Å². The highest BCUT2D eigenvalue weighted by molar-refractivity contribution is 5.86. The lowest BCUT2D eigenvalue weighted by Gasteiger charge is -2.46. The van der Waals surface area contributed by atoms with E-state index in [0.717, 1.165) is 12.8 Å². The van der Waals surface area contributed by atoms with Crippen molar-refractivity contribution in [2.24, 2.45) is 23.0 Å². The molecule has 5 nitrogen and oxygen atoms in total. The Morgan fingerprint density at radius 1 is 1.24 bits per heavy atom. The molecular formula is C16H31N3O2. The predicted molar refractivity (Wildman–Crippen MR) is 84.6 cm³/mol. The maximum atomic E-state index is 12.4. The minimum absolute atomic E-state index is 0.0146. The lowest BCUT2D eigenvalue weighted by Crippen LogP contribution is -2.52. The molecule has 2 amide bonds. The highest BCUT2D eigenvalue weighted by Crippen LogP contribution is 2.44. The number of hydrogen-bond acceptors (Lipinski definition) is 3. The van der Waals surface area contributed by atoms with E-state index in [1.807, 2.05) is 13.8 Å². The van der Waals surface area contributed by atoms with Crippen LogP contribution in [0.25, 0.3) is 0 Å². The molecule has 1 fully saturated rings. The summed E-state index contributed by atoms with van der Waals surface area (Å²) in [6, 6.07) is 0.154. The minimum Gasteiger partial charge on any atom is -0.347 e. The van der Waals surface area contributed by atoms with Crippen molar-refractivity contribution in [3.8, 4) is 0 Å². The molecule has 1 rings (SSSR count). The Bertz CT molecular complexity index is 378. The fourth-order valence-electron chi connectivity index (χ4n) is 3.29. The van der Waals surface area contributed by atoms with Crippen LogP contribution in [-0.2, 0) is 9.59 Å². The monoisotopic (exact) mass is 297 g/mol. The van der Waals surface area contributed by atoms with E-state index >= 15 is 0 Å². The molecule has 1 aliphatic carbocycles. The van der Waals surface area contributed by atoms with E-state index in [1.165, 1.54) is 0 Å². The normalized spacial score (nSPS) is 28.0. The van der Waals surface area contributed by atoms with Gasteiger partial charge in [-0.15, -0.1) is 0 Å². The van der Waals surface area contributed by atoms with Gasteiger partial charge in [0, 0.05) is 25.0 Å². The van der Waals surface area contributed by atoms with Gasteiger partial charge in [-0.05, 0) is 38.0 Å². The predicted octanol–water partition coefficient (Wildman–Crippen LogP) is 1.37. The van der Waals surface area contributed by atoms with Gasteiger partial charge in [0.2, 0.25) is 11.8 Å². The zero-order chi connectivity index (χ0) is 16.2. The van der Waals surface area contributed by atoms with Gasteiger partial charge in [0.15, 0.2) is 0 Å². The second kappa shape index (κ2) is 7.25. The molecule has 5 heteroatoms. The quantitative estimate of drug-likeness (QED) is 0.805. The van der Waals surface area contributed by atoms with E-state index in [1.54, 1.807) is 4.90 Å². The number of carbonyl (C=O) groups excluding carboxylic acids is 2. The van der Waals surface area contributed by atoms with Gasteiger partial charge in [0.25, 0.3) is 0 Å². The summed E-state index contributed by atoms with van der Waals surface area (Å²) < 4.78 is 0. The molecule has 21 heavy (non-hydrogen) atoms. The minimum atomic E-state index is -0.139. The average molecular weight is 297 g/mol. The molecule has 0 aromatic carbocycles. The summed E-state index contributed by atoms with van der Waals surface area (Å²) in [6.45, 7) is 11.6. The van der Waals surface area contributed by atoms with E-state index in [9.17, 15) is 9.59 Å². The van der Waals surface area contributed by atoms with Gasteiger partial charge in [0.1, 0.15) is 0 Å². The molecule has 0 aromatic rings. The van der Waals surface area contributed by atoms with Crippen LogP contribution in [0.3, 0.4) is 0 Å². The third-order valence-electron chi connectivity index (χ3n) is 5.35. The summed E-state index contributed by atoms with van der Waals surface area (Å²) in [5.74, 6) is 0.184. The largest absolute Gasteiger partial charge is 0.347 e. The number of hydrogen-bond donors (Lipinski definition) is 2. The number of rotatable bonds is 5. The molecule has 0 spiro atoms. The molecule has 122 valence electrons. The smallest absolute Gasteiger partial charge is 0.241 e. The van der Waals surface area contributed by atoms with Gasteiger partial charge in [-0.25, -0.2) is 0 Å². The van der Waals surface area contributed by atoms with Crippen LogP contribution in [0.15, 0.2) is 0 Å². The Morgan fingerprint density at radius 3 is 2.33 bits per heavy atom. The molecular weight excluding hydrogens is 266 g/mol. The number of carbonyl (C=O) groups is 2. The fourth-order valence-corrected chi connectivity index (χ4v) is 3.29. The molecule has 3 atom stereocenters. The molecule has 0 aliphatic heterocycles. The van der Waals surface area contributed by atoms with Gasteiger partial charge < -0.3 is 16.0 Å². The lowest BCUT2D eigenvalue weighted by molar-refractivity contribution is -0.137. The third kappa shape index (κ3) is 3.96. The first kappa shape index (κ1) is 18.0. The Hall–Kier alpha value is -1.10.